The molecule has 0 amide bonds. The molecule has 0 aliphatic heterocycles. The van der Waals surface area contributed by atoms with E-state index in [1.54, 1.807) is 6.92 Å². The molecular formula is C9H11BF3N2O2-. The van der Waals surface area contributed by atoms with Crippen LogP contribution in [0.25, 0.3) is 0 Å². The van der Waals surface area contributed by atoms with Crippen molar-refractivity contribution >= 4 is 6.98 Å². The summed E-state index contributed by atoms with van der Waals surface area (Å²) >= 11 is 0. The van der Waals surface area contributed by atoms with Gasteiger partial charge >= 0.3 is 6.98 Å². The van der Waals surface area contributed by atoms with Crippen LogP contribution < -0.4 is 10.3 Å². The first-order valence-electron chi connectivity index (χ1n) is 4.75. The predicted octanol–water partition coefficient (Wildman–Crippen LogP) is 1.50. The summed E-state index contributed by atoms with van der Waals surface area (Å²) in [4.78, 5) is 15.4. The van der Waals surface area contributed by atoms with Crippen LogP contribution in [0.2, 0.25) is 0 Å². The molecule has 0 fully saturated rings. The van der Waals surface area contributed by atoms with E-state index in [1.165, 1.54) is 7.11 Å². The first-order valence-corrected chi connectivity index (χ1v) is 4.75. The van der Waals surface area contributed by atoms with E-state index in [-0.39, 0.29) is 6.01 Å². The lowest BCUT2D eigenvalue weighted by atomic mass is 9.80. The zero-order valence-electron chi connectivity index (χ0n) is 9.41. The van der Waals surface area contributed by atoms with E-state index in [0.29, 0.717) is 5.69 Å². The minimum absolute atomic E-state index is 0.156. The van der Waals surface area contributed by atoms with Crippen LogP contribution in [0.1, 0.15) is 5.69 Å². The van der Waals surface area contributed by atoms with Crippen molar-refractivity contribution in [2.24, 2.45) is 0 Å². The summed E-state index contributed by atoms with van der Waals surface area (Å²) in [6.07, 6.45) is 0. The van der Waals surface area contributed by atoms with Crippen molar-refractivity contribution in [3.8, 4) is 6.01 Å². The molecule has 1 rings (SSSR count). The van der Waals surface area contributed by atoms with Gasteiger partial charge in [-0.3, -0.25) is 9.36 Å². The molecule has 1 aromatic heterocycles. The third-order valence-electron chi connectivity index (χ3n) is 2.11. The van der Waals surface area contributed by atoms with E-state index >= 15 is 0 Å². The second-order valence-electron chi connectivity index (χ2n) is 3.54. The lowest BCUT2D eigenvalue weighted by Crippen LogP contribution is -2.29. The Hall–Kier alpha value is -1.73. The van der Waals surface area contributed by atoms with Crippen LogP contribution in [0.5, 0.6) is 6.01 Å². The van der Waals surface area contributed by atoms with Gasteiger partial charge in [0.1, 0.15) is 0 Å². The molecule has 0 aliphatic rings. The van der Waals surface area contributed by atoms with Crippen LogP contribution in [-0.4, -0.2) is 23.6 Å². The highest BCUT2D eigenvalue weighted by Gasteiger charge is 2.27. The Kier molecular flexibility index (Phi) is 3.64. The summed E-state index contributed by atoms with van der Waals surface area (Å²) in [6.45, 7) is -1.37. The van der Waals surface area contributed by atoms with Crippen LogP contribution in [-0.2, 0) is 6.54 Å². The van der Waals surface area contributed by atoms with Crippen LogP contribution in [0.3, 0.4) is 0 Å². The highest BCUT2D eigenvalue weighted by molar-refractivity contribution is 6.66. The first kappa shape index (κ1) is 13.3. The molecule has 0 saturated carbocycles. The van der Waals surface area contributed by atoms with E-state index in [0.717, 1.165) is 10.6 Å². The number of ether oxygens (including phenoxy) is 1. The maximum absolute atomic E-state index is 12.4. The smallest absolute Gasteiger partial charge is 0.468 e. The van der Waals surface area contributed by atoms with Gasteiger partial charge in [-0.2, -0.15) is 0 Å². The quantitative estimate of drug-likeness (QED) is 0.757. The van der Waals surface area contributed by atoms with Crippen molar-refractivity contribution in [1.29, 1.82) is 0 Å². The Balaban J connectivity index is 3.15. The summed E-state index contributed by atoms with van der Waals surface area (Å²) in [5, 5.41) is 0. The van der Waals surface area contributed by atoms with E-state index in [1.807, 2.05) is 0 Å². The van der Waals surface area contributed by atoms with E-state index in [4.69, 9.17) is 4.74 Å². The van der Waals surface area contributed by atoms with E-state index < -0.39 is 24.6 Å². The fraction of sp³-hybridized carbons (Fsp3) is 0.333. The van der Waals surface area contributed by atoms with Crippen LogP contribution >= 0.6 is 0 Å². The predicted molar refractivity (Wildman–Crippen MR) is 58.0 cm³/mol. The Morgan fingerprint density at radius 2 is 2.18 bits per heavy atom. The van der Waals surface area contributed by atoms with Crippen LogP contribution in [0.4, 0.5) is 12.9 Å². The van der Waals surface area contributed by atoms with Crippen molar-refractivity contribution < 1.29 is 17.7 Å². The number of halogens is 3. The van der Waals surface area contributed by atoms with Gasteiger partial charge in [0.15, 0.2) is 0 Å². The Bertz CT molecular complexity index is 496. The summed E-state index contributed by atoms with van der Waals surface area (Å²) in [5.74, 6) is 0. The van der Waals surface area contributed by atoms with Gasteiger partial charge in [0.2, 0.25) is 0 Å². The molecule has 0 atom stereocenters. The van der Waals surface area contributed by atoms with Gasteiger partial charge in [-0.05, 0) is 6.92 Å². The summed E-state index contributed by atoms with van der Waals surface area (Å²) in [6, 6.07) is 0.982. The molecule has 8 heteroatoms. The topological polar surface area (TPSA) is 44.1 Å². The zero-order chi connectivity index (χ0) is 13.2. The number of rotatable bonds is 4. The van der Waals surface area contributed by atoms with Gasteiger partial charge in [-0.25, -0.2) is 4.98 Å². The summed E-state index contributed by atoms with van der Waals surface area (Å²) in [7, 11) is 1.24. The van der Waals surface area contributed by atoms with Crippen LogP contribution in [0.15, 0.2) is 22.9 Å². The highest BCUT2D eigenvalue weighted by atomic mass is 19.4. The number of nitrogens with zero attached hydrogens (tertiary/aromatic N) is 2. The molecule has 0 aliphatic carbocycles. The third-order valence-corrected chi connectivity index (χ3v) is 2.11. The molecule has 0 spiro atoms. The maximum Gasteiger partial charge on any atom is 0.506 e. The number of hydrogen-bond acceptors (Lipinski definition) is 3. The second kappa shape index (κ2) is 4.64. The fourth-order valence-electron chi connectivity index (χ4n) is 1.20. The molecule has 0 unspecified atom stereocenters. The van der Waals surface area contributed by atoms with Crippen LogP contribution in [0, 0.1) is 6.92 Å². The number of aryl methyl sites for hydroxylation is 1. The van der Waals surface area contributed by atoms with Crippen molar-refractivity contribution in [2.45, 2.75) is 13.5 Å². The van der Waals surface area contributed by atoms with Crippen molar-refractivity contribution in [2.75, 3.05) is 7.11 Å². The van der Waals surface area contributed by atoms with Crippen molar-refractivity contribution in [1.82, 2.24) is 9.55 Å². The SMILES string of the molecule is C=C(Cn1c(OC)nc(C)cc1=O)[B-](F)(F)F. The average molecular weight is 247 g/mol. The van der Waals surface area contributed by atoms with Gasteiger partial charge in [-0.15, -0.1) is 12.1 Å². The average Bonchev–Trinajstić information content (AvgIpc) is 2.19. The molecule has 0 saturated heterocycles. The fourth-order valence-corrected chi connectivity index (χ4v) is 1.20. The molecule has 17 heavy (non-hydrogen) atoms. The molecule has 4 nitrogen and oxygen atoms in total. The minimum atomic E-state index is -5.18. The molecule has 0 aromatic carbocycles. The van der Waals surface area contributed by atoms with E-state index in [9.17, 15) is 17.7 Å². The molecule has 0 radical (unpaired) electrons. The highest BCUT2D eigenvalue weighted by Crippen LogP contribution is 2.20. The second-order valence-corrected chi connectivity index (χ2v) is 3.54. The third kappa shape index (κ3) is 3.12. The van der Waals surface area contributed by atoms with Gasteiger partial charge < -0.3 is 17.7 Å². The summed E-state index contributed by atoms with van der Waals surface area (Å²) < 4.78 is 42.7. The van der Waals surface area contributed by atoms with Gasteiger partial charge in [0.25, 0.3) is 11.6 Å². The molecule has 0 bridgehead atoms. The number of methoxy groups -OCH3 is 1. The molecule has 94 valence electrons. The number of aromatic nitrogens is 2. The van der Waals surface area contributed by atoms with Crippen molar-refractivity contribution in [3.05, 3.63) is 34.2 Å². The monoisotopic (exact) mass is 247 g/mol. The van der Waals surface area contributed by atoms with Crippen molar-refractivity contribution in [3.63, 3.8) is 0 Å². The molecule has 1 aromatic rings. The van der Waals surface area contributed by atoms with Gasteiger partial charge in [-0.1, -0.05) is 0 Å². The molecule has 0 N–H and O–H groups in total. The molecule has 1 heterocycles. The zero-order valence-corrected chi connectivity index (χ0v) is 9.41. The summed E-state index contributed by atoms with van der Waals surface area (Å²) in [5.41, 5.74) is -1.20. The standard InChI is InChI=1S/C9H11BF3N2O2/c1-6(10(11,12)13)5-15-8(16)4-7(2)14-9(15)17-3/h4H,1,5H2,2-3H3/q-1. The number of allylic oxidation sites excluding steroid dienone is 1. The Morgan fingerprint density at radius 1 is 1.59 bits per heavy atom. The lowest BCUT2D eigenvalue weighted by Gasteiger charge is -2.19. The molecular weight excluding hydrogens is 236 g/mol. The van der Waals surface area contributed by atoms with Gasteiger partial charge in [0.05, 0.1) is 7.11 Å². The first-order chi connectivity index (χ1) is 7.75. The Morgan fingerprint density at radius 3 is 2.65 bits per heavy atom. The normalized spacial score (nSPS) is 11.4. The Labute approximate surface area is 95.8 Å². The number of hydrogen-bond donors (Lipinski definition) is 0. The minimum Gasteiger partial charge on any atom is -0.468 e. The maximum atomic E-state index is 12.4. The lowest BCUT2D eigenvalue weighted by molar-refractivity contribution is 0.348. The van der Waals surface area contributed by atoms with Gasteiger partial charge in [0, 0.05) is 18.3 Å². The van der Waals surface area contributed by atoms with E-state index in [2.05, 4.69) is 11.6 Å². The largest absolute Gasteiger partial charge is 0.506 e.